The average molecular weight is 417 g/mol. The van der Waals surface area contributed by atoms with Gasteiger partial charge >= 0.3 is 5.97 Å². The van der Waals surface area contributed by atoms with Crippen LogP contribution in [0.15, 0.2) is 6.07 Å². The minimum Gasteiger partial charge on any atom is -0.480 e. The highest BCUT2D eigenvalue weighted by molar-refractivity contribution is 5.73. The highest BCUT2D eigenvalue weighted by Gasteiger charge is 2.34. The molecule has 3 aliphatic rings. The van der Waals surface area contributed by atoms with Crippen molar-refractivity contribution in [3.8, 4) is 0 Å². The first-order valence-corrected chi connectivity index (χ1v) is 11.7. The fraction of sp³-hybridized carbons (Fsp3) is 0.773. The van der Waals surface area contributed by atoms with Crippen molar-refractivity contribution in [2.75, 3.05) is 60.5 Å². The third kappa shape index (κ3) is 4.33. The van der Waals surface area contributed by atoms with Crippen molar-refractivity contribution in [1.29, 1.82) is 0 Å². The number of carboxylic acid groups (broad SMARTS) is 1. The highest BCUT2D eigenvalue weighted by atomic mass is 16.4. The molecule has 0 radical (unpaired) electrons. The number of rotatable bonds is 7. The number of hydrogen-bond donors (Lipinski definition) is 1. The number of anilines is 3. The molecule has 0 amide bonds. The molecule has 4 heterocycles. The maximum Gasteiger partial charge on any atom is 0.320 e. The fourth-order valence-corrected chi connectivity index (χ4v) is 5.14. The van der Waals surface area contributed by atoms with Crippen LogP contribution in [0.5, 0.6) is 0 Å². The van der Waals surface area contributed by atoms with E-state index in [9.17, 15) is 9.90 Å². The molecular formula is C22H36N6O2. The standard InChI is InChI=1S/C22H36N6O2/c1-3-17-16-27(13-14-28(17)18(4-2)21(29)30)20-15-19(25-9-5-6-10-25)23-22(24-20)26-11-7-8-12-26/h15,17-18H,3-14,16H2,1-2H3,(H,29,30). The topological polar surface area (TPSA) is 76.0 Å². The minimum atomic E-state index is -0.709. The molecule has 2 unspecified atom stereocenters. The van der Waals surface area contributed by atoms with Crippen molar-refractivity contribution in [1.82, 2.24) is 14.9 Å². The summed E-state index contributed by atoms with van der Waals surface area (Å²) < 4.78 is 0. The van der Waals surface area contributed by atoms with Gasteiger partial charge in [0, 0.05) is 57.9 Å². The van der Waals surface area contributed by atoms with Crippen LogP contribution in [0.1, 0.15) is 52.4 Å². The van der Waals surface area contributed by atoms with Crippen molar-refractivity contribution in [3.63, 3.8) is 0 Å². The Bertz CT molecular complexity index is 698. The largest absolute Gasteiger partial charge is 0.480 e. The van der Waals surface area contributed by atoms with Gasteiger partial charge in [0.1, 0.15) is 17.7 Å². The van der Waals surface area contributed by atoms with E-state index in [4.69, 9.17) is 9.97 Å². The van der Waals surface area contributed by atoms with E-state index in [-0.39, 0.29) is 6.04 Å². The molecule has 0 aromatic carbocycles. The van der Waals surface area contributed by atoms with Crippen molar-refractivity contribution in [2.24, 2.45) is 0 Å². The van der Waals surface area contributed by atoms with Crippen LogP contribution in [-0.2, 0) is 4.79 Å². The Morgan fingerprint density at radius 1 is 0.967 bits per heavy atom. The Morgan fingerprint density at radius 2 is 1.57 bits per heavy atom. The van der Waals surface area contributed by atoms with Crippen molar-refractivity contribution in [3.05, 3.63) is 6.07 Å². The molecule has 1 aromatic heterocycles. The number of nitrogens with zero attached hydrogens (tertiary/aromatic N) is 6. The minimum absolute atomic E-state index is 0.222. The maximum atomic E-state index is 11.7. The molecule has 3 fully saturated rings. The third-order valence-electron chi connectivity index (χ3n) is 6.90. The van der Waals surface area contributed by atoms with E-state index in [1.165, 1.54) is 25.7 Å². The summed E-state index contributed by atoms with van der Waals surface area (Å²) in [6, 6.07) is 1.98. The summed E-state index contributed by atoms with van der Waals surface area (Å²) in [6.07, 6.45) is 6.43. The van der Waals surface area contributed by atoms with Gasteiger partial charge in [-0.3, -0.25) is 9.69 Å². The van der Waals surface area contributed by atoms with E-state index < -0.39 is 12.0 Å². The monoisotopic (exact) mass is 416 g/mol. The van der Waals surface area contributed by atoms with Gasteiger partial charge in [-0.05, 0) is 38.5 Å². The van der Waals surface area contributed by atoms with Crippen LogP contribution >= 0.6 is 0 Å². The van der Waals surface area contributed by atoms with Gasteiger partial charge < -0.3 is 19.8 Å². The van der Waals surface area contributed by atoms with E-state index in [2.05, 4.69) is 32.6 Å². The summed E-state index contributed by atoms with van der Waals surface area (Å²) in [4.78, 5) is 30.9. The quantitative estimate of drug-likeness (QED) is 0.726. The van der Waals surface area contributed by atoms with Gasteiger partial charge in [-0.1, -0.05) is 13.8 Å². The summed E-state index contributed by atoms with van der Waals surface area (Å²) in [5.41, 5.74) is 0. The Labute approximate surface area is 179 Å². The van der Waals surface area contributed by atoms with Crippen molar-refractivity contribution in [2.45, 2.75) is 64.5 Å². The normalized spacial score (nSPS) is 23.9. The molecule has 3 saturated heterocycles. The molecule has 0 saturated carbocycles. The van der Waals surface area contributed by atoms with Gasteiger partial charge in [0.25, 0.3) is 0 Å². The van der Waals surface area contributed by atoms with Crippen molar-refractivity contribution < 1.29 is 9.90 Å². The van der Waals surface area contributed by atoms with E-state index in [1.54, 1.807) is 0 Å². The SMILES string of the molecule is CCC1CN(c2cc(N3CCCC3)nc(N3CCCC3)n2)CCN1C(CC)C(=O)O. The first-order valence-electron chi connectivity index (χ1n) is 11.7. The van der Waals surface area contributed by atoms with Gasteiger partial charge in [0.05, 0.1) is 0 Å². The van der Waals surface area contributed by atoms with Crippen LogP contribution in [0, 0.1) is 0 Å². The Kier molecular flexibility index (Phi) is 6.61. The molecule has 2 atom stereocenters. The number of carbonyl (C=O) groups is 1. The molecule has 8 heteroatoms. The lowest BCUT2D eigenvalue weighted by Gasteiger charge is -2.44. The predicted octanol–water partition coefficient (Wildman–Crippen LogP) is 2.44. The number of piperazine rings is 1. The summed E-state index contributed by atoms with van der Waals surface area (Å²) in [7, 11) is 0. The van der Waals surface area contributed by atoms with Crippen LogP contribution in [0.2, 0.25) is 0 Å². The van der Waals surface area contributed by atoms with Crippen LogP contribution in [0.25, 0.3) is 0 Å². The molecule has 1 aromatic rings. The molecule has 30 heavy (non-hydrogen) atoms. The smallest absolute Gasteiger partial charge is 0.320 e. The molecule has 0 spiro atoms. The summed E-state index contributed by atoms with van der Waals surface area (Å²) in [5.74, 6) is 2.19. The van der Waals surface area contributed by atoms with E-state index in [0.29, 0.717) is 6.42 Å². The highest BCUT2D eigenvalue weighted by Crippen LogP contribution is 2.29. The molecular weight excluding hydrogens is 380 g/mol. The first-order chi connectivity index (χ1) is 14.6. The van der Waals surface area contributed by atoms with Gasteiger partial charge in [-0.15, -0.1) is 0 Å². The summed E-state index contributed by atoms with van der Waals surface area (Å²) in [6.45, 7) is 10.7. The fourth-order valence-electron chi connectivity index (χ4n) is 5.14. The lowest BCUT2D eigenvalue weighted by molar-refractivity contribution is -0.144. The summed E-state index contributed by atoms with van der Waals surface area (Å²) >= 11 is 0. The van der Waals surface area contributed by atoms with E-state index in [0.717, 1.165) is 69.8 Å². The lowest BCUT2D eigenvalue weighted by Crippen LogP contribution is -2.58. The second-order valence-electron chi connectivity index (χ2n) is 8.78. The molecule has 3 aliphatic heterocycles. The van der Waals surface area contributed by atoms with Crippen LogP contribution in [-0.4, -0.2) is 83.8 Å². The number of aliphatic carboxylic acids is 1. The zero-order valence-corrected chi connectivity index (χ0v) is 18.5. The first kappa shape index (κ1) is 21.2. The van der Waals surface area contributed by atoms with E-state index >= 15 is 0 Å². The predicted molar refractivity (Wildman–Crippen MR) is 120 cm³/mol. The van der Waals surface area contributed by atoms with Crippen LogP contribution in [0.4, 0.5) is 17.6 Å². The molecule has 1 N–H and O–H groups in total. The maximum absolute atomic E-state index is 11.7. The second-order valence-corrected chi connectivity index (χ2v) is 8.78. The van der Waals surface area contributed by atoms with Gasteiger partial charge in [0.15, 0.2) is 0 Å². The van der Waals surface area contributed by atoms with Gasteiger partial charge in [0.2, 0.25) is 5.95 Å². The molecule has 0 bridgehead atoms. The Hall–Kier alpha value is -2.09. The third-order valence-corrected chi connectivity index (χ3v) is 6.90. The van der Waals surface area contributed by atoms with Gasteiger partial charge in [-0.25, -0.2) is 0 Å². The molecule has 0 aliphatic carbocycles. The molecule has 8 nitrogen and oxygen atoms in total. The zero-order chi connectivity index (χ0) is 21.1. The van der Waals surface area contributed by atoms with Gasteiger partial charge in [-0.2, -0.15) is 9.97 Å². The molecule has 166 valence electrons. The Morgan fingerprint density at radius 3 is 2.13 bits per heavy atom. The van der Waals surface area contributed by atoms with E-state index in [1.807, 2.05) is 6.92 Å². The number of hydrogen-bond acceptors (Lipinski definition) is 7. The second kappa shape index (κ2) is 9.37. The molecule has 4 rings (SSSR count). The van der Waals surface area contributed by atoms with Crippen LogP contribution in [0.3, 0.4) is 0 Å². The average Bonchev–Trinajstić information content (AvgIpc) is 3.48. The lowest BCUT2D eigenvalue weighted by atomic mass is 10.0. The Balaban J connectivity index is 1.58. The summed E-state index contributed by atoms with van der Waals surface area (Å²) in [5, 5.41) is 9.65. The number of carboxylic acids is 1. The van der Waals surface area contributed by atoms with Crippen molar-refractivity contribution >= 4 is 23.6 Å². The van der Waals surface area contributed by atoms with Crippen LogP contribution < -0.4 is 14.7 Å². The zero-order valence-electron chi connectivity index (χ0n) is 18.5. The number of aromatic nitrogens is 2.